The van der Waals surface area contributed by atoms with Crippen LogP contribution in [0.2, 0.25) is 0 Å². The Labute approximate surface area is 137 Å². The minimum Gasteiger partial charge on any atom is -0.507 e. The van der Waals surface area contributed by atoms with Crippen LogP contribution in [0.1, 0.15) is 11.1 Å². The summed E-state index contributed by atoms with van der Waals surface area (Å²) in [4.78, 5) is 17.8. The molecule has 118 valence electrons. The summed E-state index contributed by atoms with van der Waals surface area (Å²) in [5.41, 5.74) is 1.77. The van der Waals surface area contributed by atoms with Crippen LogP contribution in [0.4, 0.5) is 0 Å². The molecule has 0 amide bonds. The third kappa shape index (κ3) is 2.85. The molecule has 2 unspecified atom stereocenters. The highest BCUT2D eigenvalue weighted by Gasteiger charge is 2.41. The molecule has 2 aliphatic heterocycles. The monoisotopic (exact) mass is 338 g/mol. The summed E-state index contributed by atoms with van der Waals surface area (Å²) in [7, 11) is 1.85. The topological polar surface area (TPSA) is 73.1 Å². The van der Waals surface area contributed by atoms with Crippen molar-refractivity contribution in [2.45, 2.75) is 24.4 Å². The Hall–Kier alpha value is -1.18. The number of aromatic hydroxyl groups is 1. The molecule has 2 heterocycles. The molecule has 1 aromatic carbocycles. The number of phenolic OH excluding ortho intramolecular Hbond substituents is 1. The van der Waals surface area contributed by atoms with E-state index in [0.717, 1.165) is 21.9 Å². The summed E-state index contributed by atoms with van der Waals surface area (Å²) >= 11 is 3.27. The van der Waals surface area contributed by atoms with Crippen molar-refractivity contribution >= 4 is 34.5 Å². The number of hydrogen-bond donors (Lipinski definition) is 2. The Balaban J connectivity index is 1.79. The first-order valence-corrected chi connectivity index (χ1v) is 9.07. The highest BCUT2D eigenvalue weighted by Crippen LogP contribution is 2.37. The molecule has 3 rings (SSSR count). The minimum absolute atomic E-state index is 0.0556. The third-order valence-corrected chi connectivity index (χ3v) is 6.59. The summed E-state index contributed by atoms with van der Waals surface area (Å²) in [6.45, 7) is 1.94. The van der Waals surface area contributed by atoms with Crippen LogP contribution in [0.3, 0.4) is 0 Å². The van der Waals surface area contributed by atoms with Gasteiger partial charge in [0.15, 0.2) is 0 Å². The van der Waals surface area contributed by atoms with E-state index in [1.807, 2.05) is 31.0 Å². The fourth-order valence-corrected chi connectivity index (χ4v) is 5.50. The standard InChI is InChI=1S/C15H18N2O3S2/c1-8-3-4-9(12(18)5-8)13-16-10(6-21-13)14-17(2)11(7-22-14)15(19)20/h3-5,10-11,14,18H,6-7H2,1-2H3,(H,19,20)/t10?,11-,14?/m1/s1. The second-order valence-electron chi connectivity index (χ2n) is 5.58. The number of thioether (sulfide) groups is 2. The van der Waals surface area contributed by atoms with Crippen molar-refractivity contribution < 1.29 is 15.0 Å². The van der Waals surface area contributed by atoms with E-state index in [1.165, 1.54) is 0 Å². The Bertz CT molecular complexity index is 635. The predicted octanol–water partition coefficient (Wildman–Crippen LogP) is 2.02. The van der Waals surface area contributed by atoms with E-state index in [0.29, 0.717) is 5.75 Å². The van der Waals surface area contributed by atoms with Crippen LogP contribution >= 0.6 is 23.5 Å². The molecule has 2 aliphatic rings. The van der Waals surface area contributed by atoms with E-state index in [2.05, 4.69) is 0 Å². The van der Waals surface area contributed by atoms with E-state index in [-0.39, 0.29) is 17.2 Å². The van der Waals surface area contributed by atoms with Gasteiger partial charge in [-0.05, 0) is 31.7 Å². The number of phenols is 1. The van der Waals surface area contributed by atoms with Crippen molar-refractivity contribution in [3.05, 3.63) is 29.3 Å². The Morgan fingerprint density at radius 3 is 2.82 bits per heavy atom. The largest absolute Gasteiger partial charge is 0.507 e. The molecule has 1 aromatic rings. The number of carbonyl (C=O) groups is 1. The number of nitrogens with zero attached hydrogens (tertiary/aromatic N) is 2. The van der Waals surface area contributed by atoms with Gasteiger partial charge in [0.1, 0.15) is 16.8 Å². The molecule has 0 spiro atoms. The highest BCUT2D eigenvalue weighted by atomic mass is 32.2. The fraction of sp³-hybridized carbons (Fsp3) is 0.467. The fourth-order valence-electron chi connectivity index (χ4n) is 2.74. The summed E-state index contributed by atoms with van der Waals surface area (Å²) in [5, 5.41) is 20.2. The molecule has 0 aromatic heterocycles. The van der Waals surface area contributed by atoms with Gasteiger partial charge in [0.25, 0.3) is 0 Å². The SMILES string of the molecule is Cc1ccc(C2=NC(C3SC[C@H](C(=O)O)N3C)CS2)c(O)c1. The maximum Gasteiger partial charge on any atom is 0.321 e. The zero-order chi connectivity index (χ0) is 15.9. The van der Waals surface area contributed by atoms with Gasteiger partial charge in [-0.25, -0.2) is 0 Å². The van der Waals surface area contributed by atoms with Crippen molar-refractivity contribution in [1.82, 2.24) is 4.90 Å². The first-order chi connectivity index (χ1) is 10.5. The van der Waals surface area contributed by atoms with Crippen molar-refractivity contribution in [2.24, 2.45) is 4.99 Å². The van der Waals surface area contributed by atoms with Gasteiger partial charge in [-0.2, -0.15) is 0 Å². The molecule has 0 bridgehead atoms. The molecule has 1 saturated heterocycles. The zero-order valence-corrected chi connectivity index (χ0v) is 14.0. The van der Waals surface area contributed by atoms with E-state index in [1.54, 1.807) is 29.6 Å². The van der Waals surface area contributed by atoms with Gasteiger partial charge in [0, 0.05) is 17.1 Å². The van der Waals surface area contributed by atoms with Gasteiger partial charge >= 0.3 is 5.97 Å². The lowest BCUT2D eigenvalue weighted by Gasteiger charge is -2.24. The third-order valence-electron chi connectivity index (χ3n) is 3.99. The average molecular weight is 338 g/mol. The van der Waals surface area contributed by atoms with E-state index < -0.39 is 12.0 Å². The van der Waals surface area contributed by atoms with Crippen LogP contribution in [0.25, 0.3) is 0 Å². The summed E-state index contributed by atoms with van der Waals surface area (Å²) < 4.78 is 0. The van der Waals surface area contributed by atoms with Crippen LogP contribution in [-0.4, -0.2) is 62.1 Å². The molecule has 22 heavy (non-hydrogen) atoms. The molecule has 0 saturated carbocycles. The number of aliphatic imine (C=N–C) groups is 1. The molecule has 3 atom stereocenters. The number of carboxylic acids is 1. The van der Waals surface area contributed by atoms with Crippen molar-refractivity contribution in [1.29, 1.82) is 0 Å². The van der Waals surface area contributed by atoms with Crippen LogP contribution < -0.4 is 0 Å². The lowest BCUT2D eigenvalue weighted by Crippen LogP contribution is -2.42. The van der Waals surface area contributed by atoms with Gasteiger partial charge in [-0.3, -0.25) is 14.7 Å². The molecule has 5 nitrogen and oxygen atoms in total. The van der Waals surface area contributed by atoms with Crippen LogP contribution in [0.5, 0.6) is 5.75 Å². The Morgan fingerprint density at radius 1 is 1.41 bits per heavy atom. The Kier molecular flexibility index (Phi) is 4.38. The first-order valence-electron chi connectivity index (χ1n) is 7.04. The maximum absolute atomic E-state index is 11.2. The van der Waals surface area contributed by atoms with E-state index in [4.69, 9.17) is 4.99 Å². The first kappa shape index (κ1) is 15.7. The maximum atomic E-state index is 11.2. The summed E-state index contributed by atoms with van der Waals surface area (Å²) in [6.07, 6.45) is 0. The average Bonchev–Trinajstić information content (AvgIpc) is 3.05. The molecule has 1 fully saturated rings. The molecule has 0 radical (unpaired) electrons. The number of rotatable bonds is 3. The second-order valence-corrected chi connectivity index (χ2v) is 7.73. The number of benzene rings is 1. The number of carboxylic acid groups (broad SMARTS) is 1. The lowest BCUT2D eigenvalue weighted by molar-refractivity contribution is -0.141. The van der Waals surface area contributed by atoms with Crippen molar-refractivity contribution in [3.63, 3.8) is 0 Å². The van der Waals surface area contributed by atoms with Gasteiger partial charge in [0.2, 0.25) is 0 Å². The highest BCUT2D eigenvalue weighted by molar-refractivity contribution is 8.14. The quantitative estimate of drug-likeness (QED) is 0.878. The van der Waals surface area contributed by atoms with Gasteiger partial charge in [0.05, 0.1) is 11.4 Å². The van der Waals surface area contributed by atoms with E-state index >= 15 is 0 Å². The number of aryl methyl sites for hydroxylation is 1. The Morgan fingerprint density at radius 2 is 2.18 bits per heavy atom. The number of hydrogen-bond acceptors (Lipinski definition) is 6. The second kappa shape index (κ2) is 6.14. The number of aliphatic carboxylic acids is 1. The normalized spacial score (nSPS) is 28.8. The summed E-state index contributed by atoms with van der Waals surface area (Å²) in [6, 6.07) is 5.21. The minimum atomic E-state index is -0.775. The number of likely N-dealkylation sites (N-methyl/N-ethyl adjacent to an activating group) is 1. The van der Waals surface area contributed by atoms with E-state index in [9.17, 15) is 15.0 Å². The van der Waals surface area contributed by atoms with Gasteiger partial charge in [-0.15, -0.1) is 23.5 Å². The van der Waals surface area contributed by atoms with Gasteiger partial charge in [-0.1, -0.05) is 6.07 Å². The van der Waals surface area contributed by atoms with Gasteiger partial charge < -0.3 is 10.2 Å². The molecule has 0 aliphatic carbocycles. The molecule has 2 N–H and O–H groups in total. The molecular formula is C15H18N2O3S2. The summed E-state index contributed by atoms with van der Waals surface area (Å²) in [5.74, 6) is 0.890. The smallest absolute Gasteiger partial charge is 0.321 e. The zero-order valence-electron chi connectivity index (χ0n) is 12.4. The van der Waals surface area contributed by atoms with Crippen molar-refractivity contribution in [3.8, 4) is 5.75 Å². The molecular weight excluding hydrogens is 320 g/mol. The molecule has 7 heteroatoms. The van der Waals surface area contributed by atoms with Crippen LogP contribution in [0.15, 0.2) is 23.2 Å². The van der Waals surface area contributed by atoms with Crippen molar-refractivity contribution in [2.75, 3.05) is 18.6 Å². The van der Waals surface area contributed by atoms with Crippen LogP contribution in [0, 0.1) is 6.92 Å². The lowest BCUT2D eigenvalue weighted by atomic mass is 10.1. The predicted molar refractivity (Wildman–Crippen MR) is 91.1 cm³/mol. The van der Waals surface area contributed by atoms with Crippen LogP contribution in [-0.2, 0) is 4.79 Å².